The number of carboxylic acid groups (broad SMARTS) is 1. The second-order valence-corrected chi connectivity index (χ2v) is 6.99. The number of aromatic carboxylic acids is 1. The van der Waals surface area contributed by atoms with Crippen molar-refractivity contribution >= 4 is 35.2 Å². The number of hydrogen-bond donors (Lipinski definition) is 3. The smallest absolute Gasteiger partial charge is 0.335 e. The number of benzene rings is 2. The third-order valence-corrected chi connectivity index (χ3v) is 4.67. The van der Waals surface area contributed by atoms with Gasteiger partial charge in [0.05, 0.1) is 17.1 Å². The van der Waals surface area contributed by atoms with Crippen LogP contribution in [0.3, 0.4) is 0 Å². The maximum Gasteiger partial charge on any atom is 0.335 e. The van der Waals surface area contributed by atoms with Crippen molar-refractivity contribution in [3.05, 3.63) is 65.2 Å². The second-order valence-electron chi connectivity index (χ2n) is 6.01. The molecule has 3 N–H and O–H groups in total. The first kappa shape index (κ1) is 20.5. The van der Waals surface area contributed by atoms with Gasteiger partial charge in [-0.25, -0.2) is 4.79 Å². The van der Waals surface area contributed by atoms with Crippen molar-refractivity contribution in [2.45, 2.75) is 13.3 Å². The Bertz CT molecular complexity index is 789. The second kappa shape index (κ2) is 10.4. The Morgan fingerprint density at radius 1 is 0.926 bits per heavy atom. The van der Waals surface area contributed by atoms with Crippen LogP contribution in [-0.4, -0.2) is 40.9 Å². The Hall–Kier alpha value is -2.80. The molecule has 2 amide bonds. The summed E-state index contributed by atoms with van der Waals surface area (Å²) in [5.41, 5.74) is 3.05. The van der Waals surface area contributed by atoms with Crippen LogP contribution in [0.25, 0.3) is 0 Å². The first-order valence-corrected chi connectivity index (χ1v) is 9.62. The predicted molar refractivity (Wildman–Crippen MR) is 107 cm³/mol. The van der Waals surface area contributed by atoms with Crippen LogP contribution < -0.4 is 10.6 Å². The molecule has 0 atom stereocenters. The quantitative estimate of drug-likeness (QED) is 0.616. The van der Waals surface area contributed by atoms with Gasteiger partial charge in [0.2, 0.25) is 11.8 Å². The lowest BCUT2D eigenvalue weighted by atomic mass is 10.1. The van der Waals surface area contributed by atoms with Gasteiger partial charge in [0.15, 0.2) is 0 Å². The van der Waals surface area contributed by atoms with Crippen molar-refractivity contribution in [3.63, 3.8) is 0 Å². The van der Waals surface area contributed by atoms with Gasteiger partial charge in [0.25, 0.3) is 0 Å². The van der Waals surface area contributed by atoms with E-state index in [4.69, 9.17) is 5.11 Å². The summed E-state index contributed by atoms with van der Waals surface area (Å²) >= 11 is 1.25. The van der Waals surface area contributed by atoms with Crippen LogP contribution in [0.5, 0.6) is 0 Å². The zero-order valence-electron chi connectivity index (χ0n) is 15.0. The van der Waals surface area contributed by atoms with Gasteiger partial charge in [0, 0.05) is 12.2 Å². The van der Waals surface area contributed by atoms with Crippen molar-refractivity contribution in [3.8, 4) is 0 Å². The molecule has 0 aliphatic heterocycles. The summed E-state index contributed by atoms with van der Waals surface area (Å²) in [6.07, 6.45) is 0.615. The number of anilines is 1. The minimum Gasteiger partial charge on any atom is -0.478 e. The molecule has 0 aromatic heterocycles. The number of amides is 2. The van der Waals surface area contributed by atoms with Crippen molar-refractivity contribution < 1.29 is 19.5 Å². The number of carbonyl (C=O) groups is 3. The van der Waals surface area contributed by atoms with E-state index in [-0.39, 0.29) is 28.9 Å². The predicted octanol–water partition coefficient (Wildman–Crippen LogP) is 2.72. The summed E-state index contributed by atoms with van der Waals surface area (Å²) in [5.74, 6) is -0.823. The Balaban J connectivity index is 1.61. The van der Waals surface area contributed by atoms with Gasteiger partial charge in [-0.05, 0) is 43.2 Å². The Labute approximate surface area is 162 Å². The first-order valence-electron chi connectivity index (χ1n) is 8.47. The van der Waals surface area contributed by atoms with E-state index in [0.29, 0.717) is 13.0 Å². The fourth-order valence-corrected chi connectivity index (χ4v) is 2.93. The van der Waals surface area contributed by atoms with E-state index in [2.05, 4.69) is 10.6 Å². The Morgan fingerprint density at radius 2 is 1.56 bits per heavy atom. The third kappa shape index (κ3) is 7.53. The molecular weight excluding hydrogens is 364 g/mol. The van der Waals surface area contributed by atoms with E-state index in [0.717, 1.165) is 16.8 Å². The summed E-state index contributed by atoms with van der Waals surface area (Å²) in [5, 5.41) is 14.4. The van der Waals surface area contributed by atoms with E-state index in [1.165, 1.54) is 11.8 Å². The van der Waals surface area contributed by atoms with Crippen LogP contribution in [-0.2, 0) is 16.0 Å². The average Bonchev–Trinajstić information content (AvgIpc) is 2.64. The maximum atomic E-state index is 11.8. The van der Waals surface area contributed by atoms with E-state index in [1.54, 1.807) is 24.3 Å². The molecule has 2 aromatic rings. The molecule has 0 radical (unpaired) electrons. The van der Waals surface area contributed by atoms with E-state index >= 15 is 0 Å². The van der Waals surface area contributed by atoms with Crippen LogP contribution in [0.15, 0.2) is 48.5 Å². The highest BCUT2D eigenvalue weighted by Crippen LogP contribution is 2.10. The molecule has 0 saturated carbocycles. The summed E-state index contributed by atoms with van der Waals surface area (Å²) in [6, 6.07) is 14.1. The molecule has 2 rings (SSSR count). The molecule has 27 heavy (non-hydrogen) atoms. The van der Waals surface area contributed by atoms with Gasteiger partial charge in [-0.3, -0.25) is 9.59 Å². The van der Waals surface area contributed by atoms with Crippen LogP contribution in [0, 0.1) is 6.92 Å². The molecule has 0 spiro atoms. The topological polar surface area (TPSA) is 95.5 Å². The SMILES string of the molecule is Cc1ccc(NC(=O)CSCC(=O)NCCc2ccc(C(=O)O)cc2)cc1. The third-order valence-electron chi connectivity index (χ3n) is 3.74. The van der Waals surface area contributed by atoms with Gasteiger partial charge < -0.3 is 15.7 Å². The summed E-state index contributed by atoms with van der Waals surface area (Å²) in [4.78, 5) is 34.5. The minimum atomic E-state index is -0.960. The first-order chi connectivity index (χ1) is 12.9. The molecule has 2 aromatic carbocycles. The van der Waals surface area contributed by atoms with Crippen molar-refractivity contribution in [1.29, 1.82) is 0 Å². The van der Waals surface area contributed by atoms with Crippen LogP contribution in [0.2, 0.25) is 0 Å². The fourth-order valence-electron chi connectivity index (χ4n) is 2.28. The maximum absolute atomic E-state index is 11.8. The van der Waals surface area contributed by atoms with Gasteiger partial charge in [0.1, 0.15) is 0 Å². The Morgan fingerprint density at radius 3 is 2.19 bits per heavy atom. The van der Waals surface area contributed by atoms with E-state index in [9.17, 15) is 14.4 Å². The zero-order valence-corrected chi connectivity index (χ0v) is 15.8. The van der Waals surface area contributed by atoms with Crippen molar-refractivity contribution in [2.24, 2.45) is 0 Å². The summed E-state index contributed by atoms with van der Waals surface area (Å²) in [6.45, 7) is 2.44. The lowest BCUT2D eigenvalue weighted by molar-refractivity contribution is -0.118. The molecule has 0 heterocycles. The number of aryl methyl sites for hydroxylation is 1. The molecule has 0 bridgehead atoms. The molecule has 0 saturated heterocycles. The fraction of sp³-hybridized carbons (Fsp3) is 0.250. The molecule has 6 nitrogen and oxygen atoms in total. The van der Waals surface area contributed by atoms with Gasteiger partial charge >= 0.3 is 5.97 Å². The number of rotatable bonds is 9. The summed E-state index contributed by atoms with van der Waals surface area (Å²) < 4.78 is 0. The molecular formula is C20H22N2O4S. The average molecular weight is 386 g/mol. The monoisotopic (exact) mass is 386 g/mol. The van der Waals surface area contributed by atoms with Crippen LogP contribution >= 0.6 is 11.8 Å². The minimum absolute atomic E-state index is 0.134. The number of carboxylic acids is 1. The largest absolute Gasteiger partial charge is 0.478 e. The van der Waals surface area contributed by atoms with Crippen molar-refractivity contribution in [2.75, 3.05) is 23.4 Å². The molecule has 0 fully saturated rings. The normalized spacial score (nSPS) is 10.3. The Kier molecular flexibility index (Phi) is 7.88. The molecule has 7 heteroatoms. The van der Waals surface area contributed by atoms with Crippen LogP contribution in [0.1, 0.15) is 21.5 Å². The van der Waals surface area contributed by atoms with Gasteiger partial charge in [-0.2, -0.15) is 0 Å². The highest BCUT2D eigenvalue weighted by molar-refractivity contribution is 8.00. The number of nitrogens with one attached hydrogen (secondary N) is 2. The number of thioether (sulfide) groups is 1. The van der Waals surface area contributed by atoms with Gasteiger partial charge in [-0.1, -0.05) is 29.8 Å². The van der Waals surface area contributed by atoms with E-state index in [1.807, 2.05) is 31.2 Å². The molecule has 0 aliphatic rings. The van der Waals surface area contributed by atoms with Crippen LogP contribution in [0.4, 0.5) is 5.69 Å². The van der Waals surface area contributed by atoms with Crippen molar-refractivity contribution in [1.82, 2.24) is 5.32 Å². The highest BCUT2D eigenvalue weighted by atomic mass is 32.2. The lowest BCUT2D eigenvalue weighted by Gasteiger charge is -2.07. The lowest BCUT2D eigenvalue weighted by Crippen LogP contribution is -2.28. The zero-order chi connectivity index (χ0) is 19.6. The highest BCUT2D eigenvalue weighted by Gasteiger charge is 2.06. The summed E-state index contributed by atoms with van der Waals surface area (Å²) in [7, 11) is 0. The number of hydrogen-bond acceptors (Lipinski definition) is 4. The van der Waals surface area contributed by atoms with Gasteiger partial charge in [-0.15, -0.1) is 11.8 Å². The molecule has 0 aliphatic carbocycles. The molecule has 0 unspecified atom stereocenters. The molecule has 142 valence electrons. The standard InChI is InChI=1S/C20H22N2O4S/c1-14-2-8-17(9-3-14)22-19(24)13-27-12-18(23)21-11-10-15-4-6-16(7-5-15)20(25)26/h2-9H,10-13H2,1H3,(H,21,23)(H,22,24)(H,25,26). The number of carbonyl (C=O) groups excluding carboxylic acids is 2. The van der Waals surface area contributed by atoms with E-state index < -0.39 is 5.97 Å².